The van der Waals surface area contributed by atoms with E-state index < -0.39 is 24.4 Å². The lowest BCUT2D eigenvalue weighted by atomic mass is 10.2. The Morgan fingerprint density at radius 3 is 2.00 bits per heavy atom. The summed E-state index contributed by atoms with van der Waals surface area (Å²) in [4.78, 5) is 35.8. The van der Waals surface area contributed by atoms with Crippen molar-refractivity contribution in [3.05, 3.63) is 94.5 Å². The molecule has 7 nitrogen and oxygen atoms in total. The van der Waals surface area contributed by atoms with E-state index in [0.29, 0.717) is 17.1 Å². The highest BCUT2D eigenvalue weighted by atomic mass is 79.9. The van der Waals surface area contributed by atoms with Crippen molar-refractivity contribution < 1.29 is 23.9 Å². The van der Waals surface area contributed by atoms with Crippen molar-refractivity contribution in [1.29, 1.82) is 0 Å². The average molecular weight is 469 g/mol. The second-order valence-electron chi connectivity index (χ2n) is 6.02. The van der Waals surface area contributed by atoms with Crippen LogP contribution < -0.4 is 15.6 Å². The summed E-state index contributed by atoms with van der Waals surface area (Å²) in [6.45, 7) is -0.540. The molecule has 3 rings (SSSR count). The van der Waals surface area contributed by atoms with Gasteiger partial charge in [0.05, 0.1) is 5.56 Å². The molecular weight excluding hydrogens is 452 g/mol. The molecule has 0 aliphatic heterocycles. The van der Waals surface area contributed by atoms with Gasteiger partial charge in [0.25, 0.3) is 11.8 Å². The Kier molecular flexibility index (Phi) is 7.18. The van der Waals surface area contributed by atoms with Crippen LogP contribution in [0, 0.1) is 0 Å². The molecule has 0 unspecified atom stereocenters. The molecule has 8 heteroatoms. The number of amides is 2. The molecule has 0 bridgehead atoms. The predicted molar refractivity (Wildman–Crippen MR) is 113 cm³/mol. The van der Waals surface area contributed by atoms with E-state index in [9.17, 15) is 14.4 Å². The van der Waals surface area contributed by atoms with Crippen molar-refractivity contribution in [3.63, 3.8) is 0 Å². The van der Waals surface area contributed by atoms with E-state index in [4.69, 9.17) is 9.47 Å². The van der Waals surface area contributed by atoms with E-state index in [2.05, 4.69) is 26.8 Å². The fourth-order valence-electron chi connectivity index (χ4n) is 2.33. The fourth-order valence-corrected chi connectivity index (χ4v) is 2.60. The number of halogens is 1. The number of esters is 1. The van der Waals surface area contributed by atoms with E-state index in [-0.39, 0.29) is 5.56 Å². The third-order valence-electron chi connectivity index (χ3n) is 3.83. The van der Waals surface area contributed by atoms with Crippen molar-refractivity contribution in [3.8, 4) is 11.5 Å². The molecule has 2 amide bonds. The second kappa shape index (κ2) is 10.2. The molecule has 0 saturated heterocycles. The molecule has 3 aromatic rings. The minimum absolute atomic E-state index is 0.266. The largest absolute Gasteiger partial charge is 0.457 e. The maximum absolute atomic E-state index is 12.1. The first-order chi connectivity index (χ1) is 14.5. The van der Waals surface area contributed by atoms with Crippen molar-refractivity contribution in [2.24, 2.45) is 0 Å². The molecule has 0 aliphatic carbocycles. The molecule has 0 aromatic heterocycles. The van der Waals surface area contributed by atoms with Gasteiger partial charge in [0.1, 0.15) is 11.5 Å². The smallest absolute Gasteiger partial charge is 0.338 e. The Bertz CT molecular complexity index is 1020. The fraction of sp³-hybridized carbons (Fsp3) is 0.0455. The molecular formula is C22H17BrN2O5. The van der Waals surface area contributed by atoms with Crippen LogP contribution in [0.5, 0.6) is 11.5 Å². The molecule has 0 heterocycles. The van der Waals surface area contributed by atoms with Gasteiger partial charge in [-0.15, -0.1) is 0 Å². The number of hydrazine groups is 1. The van der Waals surface area contributed by atoms with Crippen LogP contribution in [0.3, 0.4) is 0 Å². The molecule has 152 valence electrons. The Labute approximate surface area is 181 Å². The van der Waals surface area contributed by atoms with Crippen molar-refractivity contribution in [2.45, 2.75) is 0 Å². The monoisotopic (exact) mass is 468 g/mol. The van der Waals surface area contributed by atoms with Crippen LogP contribution in [0.25, 0.3) is 0 Å². The summed E-state index contributed by atoms with van der Waals surface area (Å²) in [5.74, 6) is -0.592. The standard InChI is InChI=1S/C22H17BrN2O5/c23-17-10-6-15(7-11-17)21(27)25-24-20(26)14-29-22(28)16-8-12-19(13-9-16)30-18-4-2-1-3-5-18/h1-13H,14H2,(H,24,26)(H,25,27). The lowest BCUT2D eigenvalue weighted by Crippen LogP contribution is -2.43. The van der Waals surface area contributed by atoms with E-state index >= 15 is 0 Å². The maximum Gasteiger partial charge on any atom is 0.338 e. The normalized spacial score (nSPS) is 10.0. The van der Waals surface area contributed by atoms with Crippen molar-refractivity contribution in [2.75, 3.05) is 6.61 Å². The zero-order chi connectivity index (χ0) is 21.3. The molecule has 30 heavy (non-hydrogen) atoms. The number of nitrogens with one attached hydrogen (secondary N) is 2. The van der Waals surface area contributed by atoms with Gasteiger partial charge in [0.15, 0.2) is 6.61 Å². The van der Waals surface area contributed by atoms with Crippen LogP contribution >= 0.6 is 15.9 Å². The highest BCUT2D eigenvalue weighted by molar-refractivity contribution is 9.10. The van der Waals surface area contributed by atoms with E-state index in [1.807, 2.05) is 30.3 Å². The summed E-state index contributed by atoms with van der Waals surface area (Å²) in [5, 5.41) is 0. The van der Waals surface area contributed by atoms with Crippen LogP contribution in [-0.2, 0) is 9.53 Å². The minimum atomic E-state index is -0.671. The third-order valence-corrected chi connectivity index (χ3v) is 4.35. The maximum atomic E-state index is 12.1. The number of para-hydroxylation sites is 1. The number of rotatable bonds is 6. The van der Waals surface area contributed by atoms with Crippen LogP contribution in [0.1, 0.15) is 20.7 Å². The Morgan fingerprint density at radius 2 is 1.33 bits per heavy atom. The van der Waals surface area contributed by atoms with E-state index in [0.717, 1.165) is 4.47 Å². The van der Waals surface area contributed by atoms with Gasteiger partial charge >= 0.3 is 5.97 Å². The molecule has 0 saturated carbocycles. The number of hydrogen-bond acceptors (Lipinski definition) is 5. The van der Waals surface area contributed by atoms with Crippen LogP contribution in [-0.4, -0.2) is 24.4 Å². The Hall–Kier alpha value is -3.65. The van der Waals surface area contributed by atoms with E-state index in [1.165, 1.54) is 12.1 Å². The number of benzene rings is 3. The predicted octanol–water partition coefficient (Wildman–Crippen LogP) is 3.86. The summed E-state index contributed by atoms with van der Waals surface area (Å²) >= 11 is 3.27. The number of ether oxygens (including phenoxy) is 2. The first kappa shape index (κ1) is 21.1. The average Bonchev–Trinajstić information content (AvgIpc) is 2.77. The summed E-state index contributed by atoms with van der Waals surface area (Å²) in [6.07, 6.45) is 0. The highest BCUT2D eigenvalue weighted by Crippen LogP contribution is 2.21. The molecule has 0 atom stereocenters. The summed E-state index contributed by atoms with van der Waals surface area (Å²) in [5.41, 5.74) is 5.08. The molecule has 0 spiro atoms. The quantitative estimate of drug-likeness (QED) is 0.423. The van der Waals surface area contributed by atoms with Crippen LogP contribution in [0.2, 0.25) is 0 Å². The summed E-state index contributed by atoms with van der Waals surface area (Å²) < 4.78 is 11.4. The first-order valence-electron chi connectivity index (χ1n) is 8.86. The lowest BCUT2D eigenvalue weighted by Gasteiger charge is -2.09. The van der Waals surface area contributed by atoms with Gasteiger partial charge in [-0.25, -0.2) is 4.79 Å². The van der Waals surface area contributed by atoms with Gasteiger partial charge in [-0.05, 0) is 60.7 Å². The third kappa shape index (κ3) is 6.18. The first-order valence-corrected chi connectivity index (χ1v) is 9.65. The Balaban J connectivity index is 1.43. The minimum Gasteiger partial charge on any atom is -0.457 e. The molecule has 0 aliphatic rings. The number of carbonyl (C=O) groups excluding carboxylic acids is 3. The van der Waals surface area contributed by atoms with E-state index in [1.54, 1.807) is 36.4 Å². The van der Waals surface area contributed by atoms with Crippen LogP contribution in [0.15, 0.2) is 83.3 Å². The molecule has 3 aromatic carbocycles. The number of hydrogen-bond donors (Lipinski definition) is 2. The number of carbonyl (C=O) groups is 3. The summed E-state index contributed by atoms with van der Waals surface area (Å²) in [7, 11) is 0. The van der Waals surface area contributed by atoms with Gasteiger partial charge in [-0.2, -0.15) is 0 Å². The van der Waals surface area contributed by atoms with Crippen molar-refractivity contribution >= 4 is 33.7 Å². The SMILES string of the molecule is O=C(COC(=O)c1ccc(Oc2ccccc2)cc1)NNC(=O)c1ccc(Br)cc1. The molecule has 0 radical (unpaired) electrons. The summed E-state index contributed by atoms with van der Waals surface area (Å²) in [6, 6.07) is 22.1. The molecule has 0 fully saturated rings. The van der Waals surface area contributed by atoms with Crippen molar-refractivity contribution in [1.82, 2.24) is 10.9 Å². The zero-order valence-corrected chi connectivity index (χ0v) is 17.2. The topological polar surface area (TPSA) is 93.7 Å². The van der Waals surface area contributed by atoms with Crippen LogP contribution in [0.4, 0.5) is 0 Å². The van der Waals surface area contributed by atoms with Gasteiger partial charge < -0.3 is 9.47 Å². The molecule has 2 N–H and O–H groups in total. The highest BCUT2D eigenvalue weighted by Gasteiger charge is 2.12. The lowest BCUT2D eigenvalue weighted by molar-refractivity contribution is -0.125. The van der Waals surface area contributed by atoms with Gasteiger partial charge in [-0.1, -0.05) is 34.1 Å². The second-order valence-corrected chi connectivity index (χ2v) is 6.94. The van der Waals surface area contributed by atoms with Gasteiger partial charge in [0, 0.05) is 10.0 Å². The van der Waals surface area contributed by atoms with Gasteiger partial charge in [-0.3, -0.25) is 20.4 Å². The Morgan fingerprint density at radius 1 is 0.733 bits per heavy atom. The zero-order valence-electron chi connectivity index (χ0n) is 15.6. The van der Waals surface area contributed by atoms with Gasteiger partial charge in [0.2, 0.25) is 0 Å².